The molecule has 0 saturated carbocycles. The van der Waals surface area contributed by atoms with E-state index in [2.05, 4.69) is 15.6 Å². The van der Waals surface area contributed by atoms with Crippen molar-refractivity contribution in [2.75, 3.05) is 5.32 Å². The lowest BCUT2D eigenvalue weighted by Crippen LogP contribution is -2.33. The minimum absolute atomic E-state index is 0.0297. The number of nitro benzene ring substituents is 1. The van der Waals surface area contributed by atoms with Crippen molar-refractivity contribution in [3.63, 3.8) is 0 Å². The quantitative estimate of drug-likeness (QED) is 0.166. The highest BCUT2D eigenvalue weighted by Crippen LogP contribution is 2.32. The van der Waals surface area contributed by atoms with Crippen LogP contribution in [0, 0.1) is 10.1 Å². The lowest BCUT2D eigenvalue weighted by molar-refractivity contribution is -0.384. The second-order valence-corrected chi connectivity index (χ2v) is 8.68. The molecule has 10 heteroatoms. The molecule has 0 spiro atoms. The number of aromatic nitrogens is 1. The molecule has 0 aliphatic rings. The summed E-state index contributed by atoms with van der Waals surface area (Å²) in [5, 5.41) is 21.4. The van der Waals surface area contributed by atoms with E-state index >= 15 is 0 Å². The largest absolute Gasteiger partial charge is 0.451 e. The van der Waals surface area contributed by atoms with Crippen molar-refractivity contribution in [1.29, 1.82) is 0 Å². The van der Waals surface area contributed by atoms with E-state index < -0.39 is 10.8 Å². The average Bonchev–Trinajstić information content (AvgIpc) is 3.54. The van der Waals surface area contributed by atoms with Gasteiger partial charge in [-0.25, -0.2) is 4.98 Å². The van der Waals surface area contributed by atoms with Crippen molar-refractivity contribution in [1.82, 2.24) is 10.3 Å². The smallest absolute Gasteiger partial charge is 0.293 e. The highest BCUT2D eigenvalue weighted by molar-refractivity contribution is 7.80. The number of thiazole rings is 1. The van der Waals surface area contributed by atoms with E-state index in [4.69, 9.17) is 16.6 Å². The van der Waals surface area contributed by atoms with Gasteiger partial charge in [0.05, 0.1) is 16.2 Å². The number of amides is 1. The maximum atomic E-state index is 12.6. The molecule has 5 rings (SSSR count). The minimum Gasteiger partial charge on any atom is -0.451 e. The Morgan fingerprint density at radius 2 is 1.71 bits per heavy atom. The maximum absolute atomic E-state index is 12.6. The van der Waals surface area contributed by atoms with Crippen molar-refractivity contribution < 1.29 is 14.1 Å². The zero-order chi connectivity index (χ0) is 24.4. The number of thiocarbonyl (C=S) groups is 1. The minimum atomic E-state index is -0.585. The highest BCUT2D eigenvalue weighted by atomic mass is 32.1. The maximum Gasteiger partial charge on any atom is 0.293 e. The second-order valence-electron chi connectivity index (χ2n) is 7.41. The van der Waals surface area contributed by atoms with Gasteiger partial charge in [-0.1, -0.05) is 54.6 Å². The summed E-state index contributed by atoms with van der Waals surface area (Å²) in [6.45, 7) is 0. The van der Waals surface area contributed by atoms with Gasteiger partial charge in [0.1, 0.15) is 5.76 Å². The topological polar surface area (TPSA) is 110 Å². The van der Waals surface area contributed by atoms with Crippen LogP contribution in [0.3, 0.4) is 0 Å². The first kappa shape index (κ1) is 22.4. The molecular weight excluding hydrogens is 484 g/mol. The van der Waals surface area contributed by atoms with Crippen LogP contribution in [0.1, 0.15) is 10.6 Å². The standard InChI is InChI=1S/C25H16N4O4S2/c30-23(22-13-12-21(33-22)18-9-3-4-11-20(18)29(31)32)27-24(34)28-25-26-19(14-35-25)17-10-5-7-15-6-1-2-8-16(15)17/h1-14H,(H2,26,27,28,30,34). The molecule has 0 fully saturated rings. The first-order valence-electron chi connectivity index (χ1n) is 10.4. The van der Waals surface area contributed by atoms with Crippen molar-refractivity contribution >= 4 is 56.2 Å². The van der Waals surface area contributed by atoms with Gasteiger partial charge in [0.25, 0.3) is 11.6 Å². The Bertz CT molecular complexity index is 1590. The van der Waals surface area contributed by atoms with E-state index in [1.165, 1.54) is 29.5 Å². The van der Waals surface area contributed by atoms with Gasteiger partial charge in [-0.3, -0.25) is 20.2 Å². The lowest BCUT2D eigenvalue weighted by atomic mass is 10.0. The molecule has 1 amide bonds. The predicted octanol–water partition coefficient (Wildman–Crippen LogP) is 6.26. The SMILES string of the molecule is O=C(NC(=S)Nc1nc(-c2cccc3ccccc23)cs1)c1ccc(-c2ccccc2[N+](=O)[O-])o1. The number of anilines is 1. The third-order valence-corrected chi connectivity index (χ3v) is 6.18. The summed E-state index contributed by atoms with van der Waals surface area (Å²) in [4.78, 5) is 28.0. The molecule has 172 valence electrons. The molecule has 0 radical (unpaired) electrons. The molecule has 2 N–H and O–H groups in total. The third-order valence-electron chi connectivity index (χ3n) is 5.21. The van der Waals surface area contributed by atoms with Crippen LogP contribution in [0.15, 0.2) is 88.7 Å². The van der Waals surface area contributed by atoms with E-state index in [1.54, 1.807) is 18.2 Å². The van der Waals surface area contributed by atoms with Gasteiger partial charge < -0.3 is 9.73 Å². The molecule has 8 nitrogen and oxygen atoms in total. The average molecular weight is 501 g/mol. The van der Waals surface area contributed by atoms with Gasteiger partial charge in [0, 0.05) is 17.0 Å². The molecule has 0 atom stereocenters. The number of hydrogen-bond acceptors (Lipinski definition) is 7. The monoisotopic (exact) mass is 500 g/mol. The Hall–Kier alpha value is -4.41. The Kier molecular flexibility index (Phi) is 6.04. The Morgan fingerprint density at radius 1 is 0.971 bits per heavy atom. The number of benzene rings is 3. The van der Waals surface area contributed by atoms with Crippen LogP contribution in [0.25, 0.3) is 33.4 Å². The van der Waals surface area contributed by atoms with E-state index in [9.17, 15) is 14.9 Å². The first-order valence-corrected chi connectivity index (χ1v) is 11.7. The molecule has 35 heavy (non-hydrogen) atoms. The number of fused-ring (bicyclic) bond motifs is 1. The van der Waals surface area contributed by atoms with Crippen LogP contribution in [-0.2, 0) is 0 Å². The van der Waals surface area contributed by atoms with E-state index in [1.807, 2.05) is 47.8 Å². The van der Waals surface area contributed by atoms with Crippen LogP contribution >= 0.6 is 23.6 Å². The highest BCUT2D eigenvalue weighted by Gasteiger charge is 2.20. The molecule has 0 bridgehead atoms. The van der Waals surface area contributed by atoms with Gasteiger partial charge in [-0.05, 0) is 41.2 Å². The summed E-state index contributed by atoms with van der Waals surface area (Å²) in [6.07, 6.45) is 0. The molecule has 2 aromatic heterocycles. The number of hydrogen-bond donors (Lipinski definition) is 2. The van der Waals surface area contributed by atoms with Crippen molar-refractivity contribution in [2.24, 2.45) is 0 Å². The lowest BCUT2D eigenvalue weighted by Gasteiger charge is -2.06. The number of furan rings is 1. The summed E-state index contributed by atoms with van der Waals surface area (Å²) in [6, 6.07) is 23.2. The number of nitrogens with one attached hydrogen (secondary N) is 2. The third kappa shape index (κ3) is 4.65. The zero-order valence-corrected chi connectivity index (χ0v) is 19.6. The first-order chi connectivity index (χ1) is 17.0. The fraction of sp³-hybridized carbons (Fsp3) is 0. The van der Waals surface area contributed by atoms with Crippen LogP contribution in [-0.4, -0.2) is 20.9 Å². The van der Waals surface area contributed by atoms with Gasteiger partial charge in [-0.15, -0.1) is 11.3 Å². The number of nitro groups is 1. The Balaban J connectivity index is 1.28. The van der Waals surface area contributed by atoms with Gasteiger partial charge in [-0.2, -0.15) is 0 Å². The van der Waals surface area contributed by atoms with Crippen LogP contribution < -0.4 is 10.6 Å². The Labute approximate surface area is 208 Å². The number of para-hydroxylation sites is 1. The van der Waals surface area contributed by atoms with Gasteiger partial charge in [0.15, 0.2) is 16.0 Å². The van der Waals surface area contributed by atoms with Gasteiger partial charge in [0.2, 0.25) is 0 Å². The fourth-order valence-corrected chi connectivity index (χ4v) is 4.61. The normalized spacial score (nSPS) is 10.7. The number of carbonyl (C=O) groups excluding carboxylic acids is 1. The molecule has 0 aliphatic heterocycles. The summed E-state index contributed by atoms with van der Waals surface area (Å²) >= 11 is 6.62. The number of nitrogens with zero attached hydrogens (tertiary/aromatic N) is 2. The fourth-order valence-electron chi connectivity index (χ4n) is 3.64. The molecule has 2 heterocycles. The summed E-state index contributed by atoms with van der Waals surface area (Å²) in [5.74, 6) is -0.406. The molecule has 5 aromatic rings. The van der Waals surface area contributed by atoms with E-state index in [0.717, 1.165) is 22.0 Å². The van der Waals surface area contributed by atoms with Crippen molar-refractivity contribution in [2.45, 2.75) is 0 Å². The van der Waals surface area contributed by atoms with Crippen molar-refractivity contribution in [3.8, 4) is 22.6 Å². The van der Waals surface area contributed by atoms with Gasteiger partial charge >= 0.3 is 0 Å². The zero-order valence-electron chi connectivity index (χ0n) is 17.9. The second kappa shape index (κ2) is 9.45. The molecular formula is C25H16N4O4S2. The molecule has 0 unspecified atom stereocenters. The molecule has 3 aromatic carbocycles. The summed E-state index contributed by atoms with van der Waals surface area (Å²) < 4.78 is 5.56. The van der Waals surface area contributed by atoms with E-state index in [0.29, 0.717) is 5.13 Å². The van der Waals surface area contributed by atoms with Crippen molar-refractivity contribution in [3.05, 3.63) is 100 Å². The van der Waals surface area contributed by atoms with Crippen LogP contribution in [0.5, 0.6) is 0 Å². The van der Waals surface area contributed by atoms with E-state index in [-0.39, 0.29) is 27.9 Å². The Morgan fingerprint density at radius 3 is 2.57 bits per heavy atom. The predicted molar refractivity (Wildman–Crippen MR) is 140 cm³/mol. The number of carbonyl (C=O) groups is 1. The van der Waals surface area contributed by atoms with Crippen LogP contribution in [0.2, 0.25) is 0 Å². The molecule has 0 saturated heterocycles. The summed E-state index contributed by atoms with van der Waals surface area (Å²) in [5.41, 5.74) is 1.96. The molecule has 0 aliphatic carbocycles. The summed E-state index contributed by atoms with van der Waals surface area (Å²) in [7, 11) is 0. The van der Waals surface area contributed by atoms with Crippen LogP contribution in [0.4, 0.5) is 10.8 Å². The number of rotatable bonds is 5.